The summed E-state index contributed by atoms with van der Waals surface area (Å²) in [7, 11) is 0. The quantitative estimate of drug-likeness (QED) is 0.717. The molecule has 1 saturated heterocycles. The molecule has 1 aliphatic rings. The maximum Gasteiger partial charge on any atom is 0.229 e. The highest BCUT2D eigenvalue weighted by Crippen LogP contribution is 2.39. The summed E-state index contributed by atoms with van der Waals surface area (Å²) >= 11 is 5.97. The van der Waals surface area contributed by atoms with Crippen LogP contribution in [0.15, 0.2) is 42.5 Å². The third-order valence-corrected chi connectivity index (χ3v) is 5.37. The van der Waals surface area contributed by atoms with Crippen LogP contribution in [0.1, 0.15) is 38.7 Å². The number of carbonyl (C=O) groups is 1. The zero-order valence-electron chi connectivity index (χ0n) is 16.2. The lowest BCUT2D eigenvalue weighted by Crippen LogP contribution is -2.38. The predicted octanol–water partition coefficient (Wildman–Crippen LogP) is 5.36. The molecule has 6 heteroatoms. The Labute approximate surface area is 169 Å². The SMILES string of the molecule is CC(C)(C)C[C@@H]1NC[C@H](c2cccc(Cl)c2F)[C@@H]1C(=O)Nc1cccc(F)c1. The highest BCUT2D eigenvalue weighted by molar-refractivity contribution is 6.30. The van der Waals surface area contributed by atoms with E-state index in [0.717, 1.165) is 6.42 Å². The van der Waals surface area contributed by atoms with E-state index in [9.17, 15) is 13.6 Å². The fourth-order valence-electron chi connectivity index (χ4n) is 3.94. The standard InChI is InChI=1S/C22H25ClF2N2O/c1-22(2,3)11-18-19(21(28)27-14-7-4-6-13(24)10-14)16(12-26-18)15-8-5-9-17(23)20(15)25/h4-10,16,18-19,26H,11-12H2,1-3H3,(H,27,28)/t16-,18+,19+/m1/s1. The third-order valence-electron chi connectivity index (χ3n) is 5.08. The van der Waals surface area contributed by atoms with Crippen LogP contribution < -0.4 is 10.6 Å². The van der Waals surface area contributed by atoms with Crippen molar-refractivity contribution in [1.82, 2.24) is 5.32 Å². The predicted molar refractivity (Wildman–Crippen MR) is 109 cm³/mol. The van der Waals surface area contributed by atoms with E-state index in [4.69, 9.17) is 11.6 Å². The Morgan fingerprint density at radius 1 is 1.21 bits per heavy atom. The van der Waals surface area contributed by atoms with Gasteiger partial charge in [0.05, 0.1) is 10.9 Å². The molecule has 3 rings (SSSR count). The Morgan fingerprint density at radius 3 is 2.61 bits per heavy atom. The Hall–Kier alpha value is -1.98. The fraction of sp³-hybridized carbons (Fsp3) is 0.409. The number of rotatable bonds is 4. The molecule has 0 aromatic heterocycles. The maximum absolute atomic E-state index is 14.7. The Morgan fingerprint density at radius 2 is 1.93 bits per heavy atom. The van der Waals surface area contributed by atoms with E-state index in [-0.39, 0.29) is 28.3 Å². The number of nitrogens with one attached hydrogen (secondary N) is 2. The molecule has 150 valence electrons. The van der Waals surface area contributed by atoms with E-state index in [0.29, 0.717) is 17.8 Å². The summed E-state index contributed by atoms with van der Waals surface area (Å²) in [4.78, 5) is 13.2. The van der Waals surface area contributed by atoms with Gasteiger partial charge < -0.3 is 10.6 Å². The molecule has 0 unspecified atom stereocenters. The summed E-state index contributed by atoms with van der Waals surface area (Å²) in [5, 5.41) is 6.23. The summed E-state index contributed by atoms with van der Waals surface area (Å²) in [6.07, 6.45) is 0.743. The van der Waals surface area contributed by atoms with Gasteiger partial charge in [0.15, 0.2) is 0 Å². The minimum Gasteiger partial charge on any atom is -0.326 e. The van der Waals surface area contributed by atoms with Crippen LogP contribution in [0.3, 0.4) is 0 Å². The van der Waals surface area contributed by atoms with Gasteiger partial charge in [0, 0.05) is 24.2 Å². The average molecular weight is 407 g/mol. The van der Waals surface area contributed by atoms with Gasteiger partial charge in [-0.15, -0.1) is 0 Å². The minimum absolute atomic E-state index is 0.0170. The van der Waals surface area contributed by atoms with E-state index < -0.39 is 17.6 Å². The average Bonchev–Trinajstić information content (AvgIpc) is 2.99. The lowest BCUT2D eigenvalue weighted by atomic mass is 9.78. The minimum atomic E-state index is -0.504. The van der Waals surface area contributed by atoms with E-state index >= 15 is 0 Å². The molecule has 3 nitrogen and oxygen atoms in total. The second kappa shape index (κ2) is 8.18. The van der Waals surface area contributed by atoms with E-state index in [1.54, 1.807) is 24.3 Å². The van der Waals surface area contributed by atoms with Gasteiger partial charge in [-0.2, -0.15) is 0 Å². The number of hydrogen-bond donors (Lipinski definition) is 2. The van der Waals surface area contributed by atoms with Gasteiger partial charge in [-0.25, -0.2) is 8.78 Å². The summed E-state index contributed by atoms with van der Waals surface area (Å²) < 4.78 is 28.2. The van der Waals surface area contributed by atoms with Crippen molar-refractivity contribution in [1.29, 1.82) is 0 Å². The number of carbonyl (C=O) groups excluding carboxylic acids is 1. The molecule has 0 spiro atoms. The second-order valence-electron chi connectivity index (χ2n) is 8.55. The molecule has 1 amide bonds. The van der Waals surface area contributed by atoms with Crippen LogP contribution in [0.25, 0.3) is 0 Å². The van der Waals surface area contributed by atoms with E-state index in [1.807, 2.05) is 0 Å². The first-order valence-electron chi connectivity index (χ1n) is 9.39. The van der Waals surface area contributed by atoms with Crippen LogP contribution in [0.5, 0.6) is 0 Å². The first kappa shape index (κ1) is 20.7. The number of halogens is 3. The van der Waals surface area contributed by atoms with Crippen molar-refractivity contribution in [2.24, 2.45) is 11.3 Å². The number of anilines is 1. The fourth-order valence-corrected chi connectivity index (χ4v) is 4.12. The molecule has 1 fully saturated rings. The summed E-state index contributed by atoms with van der Waals surface area (Å²) in [6, 6.07) is 10.5. The largest absolute Gasteiger partial charge is 0.326 e. The third kappa shape index (κ3) is 4.70. The Balaban J connectivity index is 1.93. The van der Waals surface area contributed by atoms with Crippen LogP contribution in [-0.4, -0.2) is 18.5 Å². The van der Waals surface area contributed by atoms with E-state index in [1.165, 1.54) is 18.2 Å². The van der Waals surface area contributed by atoms with Gasteiger partial charge in [0.1, 0.15) is 11.6 Å². The highest BCUT2D eigenvalue weighted by atomic mass is 35.5. The molecule has 2 aromatic carbocycles. The van der Waals surface area contributed by atoms with Gasteiger partial charge in [-0.05, 0) is 41.7 Å². The normalized spacial score (nSPS) is 22.3. The lowest BCUT2D eigenvalue weighted by Gasteiger charge is -2.29. The molecule has 0 radical (unpaired) electrons. The van der Waals surface area contributed by atoms with Crippen molar-refractivity contribution in [3.8, 4) is 0 Å². The van der Waals surface area contributed by atoms with Crippen LogP contribution >= 0.6 is 11.6 Å². The van der Waals surface area contributed by atoms with Crippen LogP contribution in [0.4, 0.5) is 14.5 Å². The van der Waals surface area contributed by atoms with Crippen molar-refractivity contribution in [2.75, 3.05) is 11.9 Å². The number of amides is 1. The Bertz CT molecular complexity index is 866. The van der Waals surface area contributed by atoms with Crippen molar-refractivity contribution in [3.05, 3.63) is 64.7 Å². The summed E-state index contributed by atoms with van der Waals surface area (Å²) in [5.41, 5.74) is 0.795. The van der Waals surface area contributed by atoms with Crippen LogP contribution in [0.2, 0.25) is 5.02 Å². The molecule has 2 aromatic rings. The van der Waals surface area contributed by atoms with Crippen LogP contribution in [0, 0.1) is 23.0 Å². The van der Waals surface area contributed by atoms with Crippen molar-refractivity contribution < 1.29 is 13.6 Å². The zero-order valence-corrected chi connectivity index (χ0v) is 17.0. The molecular weight excluding hydrogens is 382 g/mol. The van der Waals surface area contributed by atoms with Gasteiger partial charge >= 0.3 is 0 Å². The molecule has 28 heavy (non-hydrogen) atoms. The number of hydrogen-bond acceptors (Lipinski definition) is 2. The monoisotopic (exact) mass is 406 g/mol. The highest BCUT2D eigenvalue weighted by Gasteiger charge is 2.43. The molecule has 0 bridgehead atoms. The van der Waals surface area contributed by atoms with Gasteiger partial charge in [-0.3, -0.25) is 4.79 Å². The maximum atomic E-state index is 14.7. The first-order valence-corrected chi connectivity index (χ1v) is 9.77. The van der Waals surface area contributed by atoms with Crippen molar-refractivity contribution in [2.45, 2.75) is 39.2 Å². The molecule has 0 saturated carbocycles. The topological polar surface area (TPSA) is 41.1 Å². The van der Waals surface area contributed by atoms with Crippen molar-refractivity contribution >= 4 is 23.2 Å². The van der Waals surface area contributed by atoms with E-state index in [2.05, 4.69) is 31.4 Å². The smallest absolute Gasteiger partial charge is 0.229 e. The molecule has 0 aliphatic carbocycles. The second-order valence-corrected chi connectivity index (χ2v) is 8.96. The number of benzene rings is 2. The zero-order chi connectivity index (χ0) is 20.5. The van der Waals surface area contributed by atoms with Crippen molar-refractivity contribution in [3.63, 3.8) is 0 Å². The molecular formula is C22H25ClF2N2O. The molecule has 3 atom stereocenters. The van der Waals surface area contributed by atoms with Crippen LogP contribution in [-0.2, 0) is 4.79 Å². The molecule has 2 N–H and O–H groups in total. The van der Waals surface area contributed by atoms with Gasteiger partial charge in [0.2, 0.25) is 5.91 Å². The van der Waals surface area contributed by atoms with Gasteiger partial charge in [-0.1, -0.05) is 50.6 Å². The first-order chi connectivity index (χ1) is 13.2. The summed E-state index contributed by atoms with van der Waals surface area (Å²) in [6.45, 7) is 6.77. The lowest BCUT2D eigenvalue weighted by molar-refractivity contribution is -0.120. The molecule has 1 aliphatic heterocycles. The summed E-state index contributed by atoms with van der Waals surface area (Å²) in [5.74, 6) is -2.04. The Kier molecular flexibility index (Phi) is 6.06. The van der Waals surface area contributed by atoms with Gasteiger partial charge in [0.25, 0.3) is 0 Å². The molecule has 1 heterocycles.